The van der Waals surface area contributed by atoms with Gasteiger partial charge in [0.1, 0.15) is 5.75 Å². The average Bonchev–Trinajstić information content (AvgIpc) is 2.27. The van der Waals surface area contributed by atoms with E-state index in [1.807, 2.05) is 0 Å². The fraction of sp³-hybridized carbons (Fsp3) is 0.333. The predicted molar refractivity (Wildman–Crippen MR) is 56.4 cm³/mol. The number of fused-ring (bicyclic) bond motifs is 1. The monoisotopic (exact) mass is 220 g/mol. The molecule has 0 saturated heterocycles. The average molecular weight is 220 g/mol. The summed E-state index contributed by atoms with van der Waals surface area (Å²) in [5.74, 6) is -0.197. The molecule has 16 heavy (non-hydrogen) atoms. The van der Waals surface area contributed by atoms with Gasteiger partial charge in [-0.15, -0.1) is 0 Å². The van der Waals surface area contributed by atoms with Crippen molar-refractivity contribution in [1.29, 1.82) is 0 Å². The molecule has 0 saturated carbocycles. The molecule has 0 bridgehead atoms. The van der Waals surface area contributed by atoms with Crippen molar-refractivity contribution in [2.75, 3.05) is 7.11 Å². The van der Waals surface area contributed by atoms with Crippen molar-refractivity contribution in [3.05, 3.63) is 29.8 Å². The van der Waals surface area contributed by atoms with E-state index >= 15 is 0 Å². The number of Topliss-reactive ketones (excluding diaryl/α,β-unsaturated/α-hetero) is 1. The molecule has 0 aromatic heterocycles. The minimum absolute atomic E-state index is 0.0106. The number of hydrogen-bond donors (Lipinski definition) is 0. The van der Waals surface area contributed by atoms with Gasteiger partial charge in [0.25, 0.3) is 0 Å². The highest BCUT2D eigenvalue weighted by Crippen LogP contribution is 2.33. The van der Waals surface area contributed by atoms with Crippen LogP contribution in [0.4, 0.5) is 0 Å². The molecule has 0 spiro atoms. The molecule has 1 aliphatic rings. The Morgan fingerprint density at radius 2 is 2.12 bits per heavy atom. The zero-order chi connectivity index (χ0) is 11.8. The number of ketones is 1. The summed E-state index contributed by atoms with van der Waals surface area (Å²) < 4.78 is 10.2. The number of methoxy groups -OCH3 is 1. The van der Waals surface area contributed by atoms with Gasteiger partial charge in [0.2, 0.25) is 5.60 Å². The highest BCUT2D eigenvalue weighted by molar-refractivity contribution is 6.03. The molecule has 1 atom stereocenters. The molecule has 1 heterocycles. The number of benzene rings is 1. The summed E-state index contributed by atoms with van der Waals surface area (Å²) in [6.45, 7) is 1.56. The highest BCUT2D eigenvalue weighted by atomic mass is 16.6. The SMILES string of the molecule is COC(=O)C1(C)CC(=O)c2ccccc2O1. The zero-order valence-corrected chi connectivity index (χ0v) is 9.15. The third-order valence-electron chi connectivity index (χ3n) is 2.64. The first-order valence-electron chi connectivity index (χ1n) is 4.96. The molecular weight excluding hydrogens is 208 g/mol. The zero-order valence-electron chi connectivity index (χ0n) is 9.15. The van der Waals surface area contributed by atoms with E-state index < -0.39 is 11.6 Å². The maximum atomic E-state index is 11.8. The molecule has 0 N–H and O–H groups in total. The van der Waals surface area contributed by atoms with Gasteiger partial charge in [0.15, 0.2) is 5.78 Å². The Kier molecular flexibility index (Phi) is 2.42. The Balaban J connectivity index is 2.41. The topological polar surface area (TPSA) is 52.6 Å². The maximum Gasteiger partial charge on any atom is 0.350 e. The Hall–Kier alpha value is -1.84. The summed E-state index contributed by atoms with van der Waals surface area (Å²) in [5.41, 5.74) is -0.691. The lowest BCUT2D eigenvalue weighted by molar-refractivity contribution is -0.157. The van der Waals surface area contributed by atoms with Crippen LogP contribution in [0, 0.1) is 0 Å². The van der Waals surface area contributed by atoms with Gasteiger partial charge in [0, 0.05) is 0 Å². The van der Waals surface area contributed by atoms with Crippen molar-refractivity contribution >= 4 is 11.8 Å². The number of esters is 1. The van der Waals surface area contributed by atoms with Crippen molar-refractivity contribution in [3.8, 4) is 5.75 Å². The molecule has 1 aromatic rings. The summed E-state index contributed by atoms with van der Waals surface area (Å²) in [7, 11) is 1.28. The third kappa shape index (κ3) is 1.56. The maximum absolute atomic E-state index is 11.8. The molecule has 4 heteroatoms. The van der Waals surface area contributed by atoms with Gasteiger partial charge in [-0.1, -0.05) is 12.1 Å². The van der Waals surface area contributed by atoms with Crippen LogP contribution in [-0.4, -0.2) is 24.5 Å². The Morgan fingerprint density at radius 1 is 1.44 bits per heavy atom. The number of ether oxygens (including phenoxy) is 2. The van der Waals surface area contributed by atoms with Gasteiger partial charge in [0.05, 0.1) is 19.1 Å². The summed E-state index contributed by atoms with van der Waals surface area (Å²) in [5, 5.41) is 0. The van der Waals surface area contributed by atoms with E-state index in [2.05, 4.69) is 4.74 Å². The molecule has 4 nitrogen and oxygen atoms in total. The molecule has 0 radical (unpaired) electrons. The number of para-hydroxylation sites is 1. The Bertz CT molecular complexity index is 452. The van der Waals surface area contributed by atoms with Gasteiger partial charge < -0.3 is 9.47 Å². The first-order valence-corrected chi connectivity index (χ1v) is 4.96. The van der Waals surface area contributed by atoms with E-state index in [9.17, 15) is 9.59 Å². The quantitative estimate of drug-likeness (QED) is 0.674. The lowest BCUT2D eigenvalue weighted by Crippen LogP contribution is -2.47. The second-order valence-corrected chi connectivity index (χ2v) is 3.92. The summed E-state index contributed by atoms with van der Waals surface area (Å²) in [6.07, 6.45) is 0.0106. The van der Waals surface area contributed by atoms with E-state index in [1.54, 1.807) is 31.2 Å². The third-order valence-corrected chi connectivity index (χ3v) is 2.64. The molecule has 0 aliphatic carbocycles. The van der Waals surface area contributed by atoms with Gasteiger partial charge in [-0.05, 0) is 19.1 Å². The second-order valence-electron chi connectivity index (χ2n) is 3.92. The van der Waals surface area contributed by atoms with Crippen LogP contribution in [0.1, 0.15) is 23.7 Å². The number of hydrogen-bond acceptors (Lipinski definition) is 4. The van der Waals surface area contributed by atoms with Crippen molar-refractivity contribution in [2.24, 2.45) is 0 Å². The van der Waals surface area contributed by atoms with Crippen molar-refractivity contribution in [2.45, 2.75) is 18.9 Å². The lowest BCUT2D eigenvalue weighted by Gasteiger charge is -2.32. The van der Waals surface area contributed by atoms with E-state index in [1.165, 1.54) is 7.11 Å². The molecule has 1 unspecified atom stereocenters. The summed E-state index contributed by atoms with van der Waals surface area (Å²) in [6, 6.07) is 6.89. The smallest absolute Gasteiger partial charge is 0.350 e. The Morgan fingerprint density at radius 3 is 2.81 bits per heavy atom. The van der Waals surface area contributed by atoms with Gasteiger partial charge in [-0.2, -0.15) is 0 Å². The number of rotatable bonds is 1. The van der Waals surface area contributed by atoms with Crippen molar-refractivity contribution in [3.63, 3.8) is 0 Å². The molecule has 1 aliphatic heterocycles. The predicted octanol–water partition coefficient (Wildman–Crippen LogP) is 1.58. The van der Waals surface area contributed by atoms with E-state index in [0.717, 1.165) is 0 Å². The van der Waals surface area contributed by atoms with Crippen LogP contribution in [0.3, 0.4) is 0 Å². The van der Waals surface area contributed by atoms with Crippen LogP contribution in [0.5, 0.6) is 5.75 Å². The number of carbonyl (C=O) groups is 2. The van der Waals surface area contributed by atoms with Crippen LogP contribution >= 0.6 is 0 Å². The van der Waals surface area contributed by atoms with E-state index in [-0.39, 0.29) is 12.2 Å². The first kappa shape index (κ1) is 10.7. The van der Waals surface area contributed by atoms with Crippen LogP contribution in [0.2, 0.25) is 0 Å². The second kappa shape index (κ2) is 3.63. The standard InChI is InChI=1S/C12H12O4/c1-12(11(14)15-2)7-9(13)8-5-3-4-6-10(8)16-12/h3-6H,7H2,1-2H3. The Labute approximate surface area is 93.2 Å². The normalized spacial score (nSPS) is 23.2. The van der Waals surface area contributed by atoms with Crippen molar-refractivity contribution in [1.82, 2.24) is 0 Å². The molecule has 2 rings (SSSR count). The summed E-state index contributed by atoms with van der Waals surface area (Å²) >= 11 is 0. The fourth-order valence-corrected chi connectivity index (χ4v) is 1.80. The molecule has 0 amide bonds. The van der Waals surface area contributed by atoms with Gasteiger partial charge >= 0.3 is 5.97 Å². The van der Waals surface area contributed by atoms with Crippen molar-refractivity contribution < 1.29 is 19.1 Å². The minimum atomic E-state index is -1.21. The van der Waals surface area contributed by atoms with Gasteiger partial charge in [-0.3, -0.25) is 4.79 Å². The minimum Gasteiger partial charge on any atom is -0.475 e. The molecule has 84 valence electrons. The fourth-order valence-electron chi connectivity index (χ4n) is 1.80. The van der Waals surface area contributed by atoms with E-state index in [4.69, 9.17) is 4.74 Å². The van der Waals surface area contributed by atoms with Crippen LogP contribution in [0.25, 0.3) is 0 Å². The highest BCUT2D eigenvalue weighted by Gasteiger charge is 2.43. The van der Waals surface area contributed by atoms with E-state index in [0.29, 0.717) is 11.3 Å². The van der Waals surface area contributed by atoms with Crippen LogP contribution in [-0.2, 0) is 9.53 Å². The molecule has 1 aromatic carbocycles. The summed E-state index contributed by atoms with van der Waals surface area (Å²) in [4.78, 5) is 23.4. The molecule has 0 fully saturated rings. The lowest BCUT2D eigenvalue weighted by atomic mass is 9.91. The number of carbonyl (C=O) groups excluding carboxylic acids is 2. The largest absolute Gasteiger partial charge is 0.475 e. The first-order chi connectivity index (χ1) is 7.57. The van der Waals surface area contributed by atoms with Crippen LogP contribution in [0.15, 0.2) is 24.3 Å². The van der Waals surface area contributed by atoms with Gasteiger partial charge in [-0.25, -0.2) is 4.79 Å². The van der Waals surface area contributed by atoms with Crippen LogP contribution < -0.4 is 4.74 Å². The molecular formula is C12H12O4.